The predicted molar refractivity (Wildman–Crippen MR) is 140 cm³/mol. The molecule has 3 atom stereocenters. The summed E-state index contributed by atoms with van der Waals surface area (Å²) in [6.45, 7) is 2.53. The smallest absolute Gasteiger partial charge is 0.453 e. The largest absolute Gasteiger partial charge is 0.508 e. The molecule has 0 bridgehead atoms. The highest BCUT2D eigenvalue weighted by Gasteiger charge is 2.56. The maximum absolute atomic E-state index is 13.1. The molecule has 0 aliphatic carbocycles. The van der Waals surface area contributed by atoms with Crippen LogP contribution in [0, 0.1) is 5.92 Å². The number of carboxylic acids is 1. The third-order valence-corrected chi connectivity index (χ3v) is 8.05. The number of halogens is 5. The Bertz CT molecular complexity index is 1120. The first-order chi connectivity index (χ1) is 18.7. The lowest BCUT2D eigenvalue weighted by atomic mass is 9.66. The first-order valence-electron chi connectivity index (χ1n) is 13.7. The van der Waals surface area contributed by atoms with Gasteiger partial charge in [-0.3, -0.25) is 4.79 Å². The Morgan fingerprint density at radius 3 is 2.17 bits per heavy atom. The fourth-order valence-corrected chi connectivity index (χ4v) is 5.58. The van der Waals surface area contributed by atoms with Gasteiger partial charge in [0.2, 0.25) is 0 Å². The van der Waals surface area contributed by atoms with Crippen molar-refractivity contribution in [3.63, 3.8) is 0 Å². The number of aromatic hydroxyl groups is 2. The molecule has 0 amide bonds. The molecule has 2 aromatic carbocycles. The van der Waals surface area contributed by atoms with Gasteiger partial charge in [0.15, 0.2) is 0 Å². The zero-order valence-corrected chi connectivity index (χ0v) is 22.5. The highest BCUT2D eigenvalue weighted by atomic mass is 19.4. The van der Waals surface area contributed by atoms with Gasteiger partial charge >= 0.3 is 18.1 Å². The Labute approximate surface area is 231 Å². The molecule has 1 aliphatic heterocycles. The van der Waals surface area contributed by atoms with Gasteiger partial charge in [-0.25, -0.2) is 0 Å². The van der Waals surface area contributed by atoms with Crippen molar-refractivity contribution < 1.29 is 46.8 Å². The fraction of sp³-hybridized carbons (Fsp3) is 0.567. The second-order valence-electron chi connectivity index (χ2n) is 11.0. The molecule has 3 rings (SSSR count). The number of alkyl halides is 5. The third kappa shape index (κ3) is 7.79. The summed E-state index contributed by atoms with van der Waals surface area (Å²) in [5.41, 5.74) is 1.66. The summed E-state index contributed by atoms with van der Waals surface area (Å²) in [6.07, 6.45) is -2.79. The van der Waals surface area contributed by atoms with Crippen molar-refractivity contribution in [3.05, 3.63) is 53.6 Å². The van der Waals surface area contributed by atoms with Crippen LogP contribution in [0.2, 0.25) is 0 Å². The molecule has 2 aromatic rings. The van der Waals surface area contributed by atoms with E-state index in [2.05, 4.69) is 6.92 Å². The number of unbranched alkanes of at least 4 members (excludes halogenated alkanes) is 4. The van der Waals surface area contributed by atoms with Gasteiger partial charge in [0.05, 0.1) is 12.5 Å². The van der Waals surface area contributed by atoms with Gasteiger partial charge in [0.25, 0.3) is 0 Å². The van der Waals surface area contributed by atoms with Crippen LogP contribution in [0.4, 0.5) is 22.0 Å². The van der Waals surface area contributed by atoms with Gasteiger partial charge in [-0.1, -0.05) is 57.2 Å². The third-order valence-electron chi connectivity index (χ3n) is 8.05. The number of hydrogen-bond donors (Lipinski definition) is 3. The van der Waals surface area contributed by atoms with E-state index >= 15 is 0 Å². The van der Waals surface area contributed by atoms with Crippen LogP contribution in [0.15, 0.2) is 42.5 Å². The molecule has 3 N–H and O–H groups in total. The second-order valence-corrected chi connectivity index (χ2v) is 11.0. The molecule has 40 heavy (non-hydrogen) atoms. The van der Waals surface area contributed by atoms with Crippen LogP contribution in [-0.2, 0) is 10.2 Å². The van der Waals surface area contributed by atoms with Crippen LogP contribution in [0.5, 0.6) is 17.2 Å². The van der Waals surface area contributed by atoms with Crippen LogP contribution < -0.4 is 4.74 Å². The number of phenolic OH excluding ortho intramolecular Hbond substituents is 2. The summed E-state index contributed by atoms with van der Waals surface area (Å²) >= 11 is 0. The molecule has 0 fully saturated rings. The first kappa shape index (κ1) is 31.5. The summed E-state index contributed by atoms with van der Waals surface area (Å²) in [6, 6.07) is 12.2. The van der Waals surface area contributed by atoms with E-state index in [9.17, 15) is 42.1 Å². The lowest BCUT2D eigenvalue weighted by molar-refractivity contribution is -0.284. The molecule has 10 heteroatoms. The van der Waals surface area contributed by atoms with Crippen LogP contribution >= 0.6 is 0 Å². The quantitative estimate of drug-likeness (QED) is 0.157. The number of ether oxygens (including phenoxy) is 1. The van der Waals surface area contributed by atoms with Crippen molar-refractivity contribution in [2.24, 2.45) is 5.92 Å². The van der Waals surface area contributed by atoms with Gasteiger partial charge in [-0.2, -0.15) is 22.0 Å². The summed E-state index contributed by atoms with van der Waals surface area (Å²) in [7, 11) is 0. The van der Waals surface area contributed by atoms with E-state index in [-0.39, 0.29) is 35.7 Å². The normalized spacial score (nSPS) is 20.0. The second kappa shape index (κ2) is 13.1. The maximum Gasteiger partial charge on any atom is 0.453 e. The maximum atomic E-state index is 13.1. The van der Waals surface area contributed by atoms with Crippen molar-refractivity contribution in [2.45, 2.75) is 94.6 Å². The number of carboxylic acid groups (broad SMARTS) is 1. The first-order valence-corrected chi connectivity index (χ1v) is 13.7. The molecule has 5 nitrogen and oxygen atoms in total. The molecule has 0 aromatic heterocycles. The number of benzene rings is 2. The predicted octanol–water partition coefficient (Wildman–Crippen LogP) is 8.33. The van der Waals surface area contributed by atoms with Gasteiger partial charge in [0, 0.05) is 23.8 Å². The summed E-state index contributed by atoms with van der Waals surface area (Å²) in [5, 5.41) is 29.0. The van der Waals surface area contributed by atoms with E-state index in [1.54, 1.807) is 24.3 Å². The molecule has 1 heterocycles. The number of carbonyl (C=O) groups is 1. The Morgan fingerprint density at radius 2 is 1.52 bits per heavy atom. The van der Waals surface area contributed by atoms with Crippen molar-refractivity contribution in [2.75, 3.05) is 6.61 Å². The van der Waals surface area contributed by atoms with Crippen molar-refractivity contribution in [1.29, 1.82) is 0 Å². The molecule has 0 spiro atoms. The van der Waals surface area contributed by atoms with Gasteiger partial charge in [-0.15, -0.1) is 0 Å². The Balaban J connectivity index is 1.50. The SMILES string of the molecule is C[C@]1(c2ccc(O)cc2)COc2cc(O)ccc2[C@H]1CCCCCCCC(CCCC(F)(F)C(F)(F)F)C(=O)O. The van der Waals surface area contributed by atoms with Crippen LogP contribution in [-0.4, -0.2) is 40.0 Å². The van der Waals surface area contributed by atoms with Gasteiger partial charge in [0.1, 0.15) is 17.2 Å². The number of fused-ring (bicyclic) bond motifs is 1. The zero-order chi connectivity index (χ0) is 29.6. The Morgan fingerprint density at radius 1 is 0.925 bits per heavy atom. The topological polar surface area (TPSA) is 87.0 Å². The van der Waals surface area contributed by atoms with Crippen LogP contribution in [0.1, 0.15) is 88.2 Å². The minimum absolute atomic E-state index is 0.0904. The molecule has 222 valence electrons. The van der Waals surface area contributed by atoms with Crippen molar-refractivity contribution >= 4 is 5.97 Å². The van der Waals surface area contributed by atoms with Gasteiger partial charge < -0.3 is 20.1 Å². The number of aliphatic carboxylic acids is 1. The summed E-state index contributed by atoms with van der Waals surface area (Å²) < 4.78 is 69.2. The zero-order valence-electron chi connectivity index (χ0n) is 22.5. The molecule has 1 aliphatic rings. The van der Waals surface area contributed by atoms with E-state index in [1.807, 2.05) is 18.2 Å². The minimum atomic E-state index is -5.62. The Hall–Kier alpha value is -3.04. The molecular formula is C30H37F5O5. The number of phenols is 2. The molecular weight excluding hydrogens is 535 g/mol. The van der Waals surface area contributed by atoms with E-state index in [0.717, 1.165) is 43.2 Å². The molecule has 0 saturated carbocycles. The average molecular weight is 573 g/mol. The van der Waals surface area contributed by atoms with E-state index in [1.165, 1.54) is 0 Å². The lowest BCUT2D eigenvalue weighted by Crippen LogP contribution is -2.40. The standard InChI is InChI=1S/C30H37F5O5/c1-28(21-11-13-22(36)14-12-21)19-40-26-18-23(37)15-16-24(26)25(28)10-6-4-2-3-5-8-20(27(38)39)9-7-17-29(31,32)30(33,34)35/h11-16,18,20,25,36-37H,2-10,17,19H2,1H3,(H,38,39)/t20?,25-,28-/m1/s1. The summed E-state index contributed by atoms with van der Waals surface area (Å²) in [4.78, 5) is 11.5. The van der Waals surface area contributed by atoms with Crippen LogP contribution in [0.3, 0.4) is 0 Å². The number of hydrogen-bond acceptors (Lipinski definition) is 4. The van der Waals surface area contributed by atoms with Crippen LogP contribution in [0.25, 0.3) is 0 Å². The molecule has 0 radical (unpaired) electrons. The number of rotatable bonds is 14. The lowest BCUT2D eigenvalue weighted by Gasteiger charge is -2.43. The van der Waals surface area contributed by atoms with E-state index < -0.39 is 36.8 Å². The highest BCUT2D eigenvalue weighted by molar-refractivity contribution is 5.69. The summed E-state index contributed by atoms with van der Waals surface area (Å²) in [5.74, 6) is -5.88. The average Bonchev–Trinajstić information content (AvgIpc) is 2.87. The van der Waals surface area contributed by atoms with Crippen molar-refractivity contribution in [3.8, 4) is 17.2 Å². The Kier molecular flexibility index (Phi) is 10.3. The monoisotopic (exact) mass is 572 g/mol. The fourth-order valence-electron chi connectivity index (χ4n) is 5.58. The minimum Gasteiger partial charge on any atom is -0.508 e. The molecule has 1 unspecified atom stereocenters. The van der Waals surface area contributed by atoms with E-state index in [4.69, 9.17) is 4.74 Å². The van der Waals surface area contributed by atoms with E-state index in [0.29, 0.717) is 18.8 Å². The molecule has 0 saturated heterocycles. The van der Waals surface area contributed by atoms with Gasteiger partial charge in [-0.05, 0) is 55.0 Å². The van der Waals surface area contributed by atoms with Crippen molar-refractivity contribution in [1.82, 2.24) is 0 Å². The highest BCUT2D eigenvalue weighted by Crippen LogP contribution is 2.50.